The van der Waals surface area contributed by atoms with Crippen LogP contribution in [0.3, 0.4) is 0 Å². The summed E-state index contributed by atoms with van der Waals surface area (Å²) in [6.45, 7) is 4.14. The highest BCUT2D eigenvalue weighted by molar-refractivity contribution is 7.98. The second kappa shape index (κ2) is 7.30. The van der Waals surface area contributed by atoms with Crippen LogP contribution in [0.15, 0.2) is 57.4 Å². The van der Waals surface area contributed by atoms with Gasteiger partial charge in [0.1, 0.15) is 5.76 Å². The Labute approximate surface area is 157 Å². The minimum absolute atomic E-state index is 0.0455. The first kappa shape index (κ1) is 18.8. The largest absolute Gasteiger partial charge is 0.447 e. The van der Waals surface area contributed by atoms with Crippen molar-refractivity contribution in [1.82, 2.24) is 13.9 Å². The Morgan fingerprint density at radius 1 is 1.19 bits per heavy atom. The summed E-state index contributed by atoms with van der Waals surface area (Å²) >= 11 is 1.50. The summed E-state index contributed by atoms with van der Waals surface area (Å²) in [5, 5.41) is 0.779. The number of hydrogen-bond acceptors (Lipinski definition) is 5. The van der Waals surface area contributed by atoms with E-state index in [0.717, 1.165) is 15.1 Å². The molecule has 6 nitrogen and oxygen atoms in total. The van der Waals surface area contributed by atoms with Gasteiger partial charge in [0.15, 0.2) is 5.16 Å². The number of aromatic nitrogens is 2. The molecule has 0 amide bonds. The summed E-state index contributed by atoms with van der Waals surface area (Å²) in [6.07, 6.45) is 3.68. The van der Waals surface area contributed by atoms with E-state index < -0.39 is 10.0 Å². The van der Waals surface area contributed by atoms with Crippen LogP contribution in [0.25, 0.3) is 5.69 Å². The number of thioether (sulfide) groups is 1. The summed E-state index contributed by atoms with van der Waals surface area (Å²) in [7, 11) is -0.594. The maximum absolute atomic E-state index is 12.1. The lowest BCUT2D eigenvalue weighted by atomic mass is 10.1. The fourth-order valence-electron chi connectivity index (χ4n) is 2.55. The summed E-state index contributed by atoms with van der Waals surface area (Å²) in [6, 6.07) is 9.46. The molecule has 0 aliphatic rings. The lowest BCUT2D eigenvalue weighted by Crippen LogP contribution is -2.21. The van der Waals surface area contributed by atoms with Crippen LogP contribution in [0.2, 0.25) is 0 Å². The van der Waals surface area contributed by atoms with Crippen LogP contribution < -0.4 is 0 Å². The van der Waals surface area contributed by atoms with Gasteiger partial charge in [-0.3, -0.25) is 4.57 Å². The van der Waals surface area contributed by atoms with E-state index in [9.17, 15) is 8.42 Å². The van der Waals surface area contributed by atoms with Gasteiger partial charge < -0.3 is 4.42 Å². The van der Waals surface area contributed by atoms with Crippen molar-refractivity contribution in [3.05, 3.63) is 59.6 Å². The van der Waals surface area contributed by atoms with Gasteiger partial charge >= 0.3 is 0 Å². The van der Waals surface area contributed by atoms with E-state index in [0.29, 0.717) is 11.5 Å². The van der Waals surface area contributed by atoms with Gasteiger partial charge in [-0.2, -0.15) is 0 Å². The monoisotopic (exact) mass is 391 g/mol. The zero-order valence-corrected chi connectivity index (χ0v) is 16.8. The van der Waals surface area contributed by atoms with Gasteiger partial charge in [-0.15, -0.1) is 0 Å². The Bertz CT molecular complexity index is 1020. The van der Waals surface area contributed by atoms with E-state index in [2.05, 4.69) is 37.0 Å². The second-order valence-electron chi connectivity index (χ2n) is 6.17. The predicted molar refractivity (Wildman–Crippen MR) is 102 cm³/mol. The van der Waals surface area contributed by atoms with E-state index >= 15 is 0 Å². The number of nitrogens with zero attached hydrogens (tertiary/aromatic N) is 3. The normalized spacial score (nSPS) is 12.0. The molecule has 0 radical (unpaired) electrons. The maximum atomic E-state index is 12.1. The first-order valence-electron chi connectivity index (χ1n) is 8.04. The number of aryl methyl sites for hydroxylation is 2. The number of hydrogen-bond donors (Lipinski definition) is 0. The zero-order chi connectivity index (χ0) is 18.9. The second-order valence-corrected chi connectivity index (χ2v) is 9.19. The smallest absolute Gasteiger partial charge is 0.275 e. The Balaban J connectivity index is 1.78. The van der Waals surface area contributed by atoms with Crippen LogP contribution in [0.1, 0.15) is 16.9 Å². The third-order valence-electron chi connectivity index (χ3n) is 3.93. The van der Waals surface area contributed by atoms with E-state index in [1.54, 1.807) is 12.3 Å². The molecule has 0 aliphatic heterocycles. The molecule has 0 fully saturated rings. The van der Waals surface area contributed by atoms with Gasteiger partial charge in [0.2, 0.25) is 5.09 Å². The molecular formula is C18H21N3O3S2. The summed E-state index contributed by atoms with van der Waals surface area (Å²) in [5.74, 6) is 1.08. The van der Waals surface area contributed by atoms with E-state index in [1.807, 2.05) is 10.8 Å². The quantitative estimate of drug-likeness (QED) is 0.600. The average Bonchev–Trinajstić information content (AvgIpc) is 3.22. The van der Waals surface area contributed by atoms with Gasteiger partial charge in [0.25, 0.3) is 10.0 Å². The molecule has 0 unspecified atom stereocenters. The van der Waals surface area contributed by atoms with Crippen LogP contribution in [0.5, 0.6) is 0 Å². The van der Waals surface area contributed by atoms with Crippen LogP contribution >= 0.6 is 11.8 Å². The molecule has 0 N–H and O–H groups in total. The molecule has 0 spiro atoms. The molecule has 3 aromatic rings. The standard InChI is InChI=1S/C18H21N3O3S2/c1-13-5-7-16(14(2)11-13)21-10-9-19-18(21)25-12-15-6-8-17(24-15)26(22,23)20(3)4/h5-11H,12H2,1-4H3. The number of furan rings is 1. The molecular weight excluding hydrogens is 370 g/mol. The SMILES string of the molecule is Cc1ccc(-n2ccnc2SCc2ccc(S(=O)(=O)N(C)C)o2)c(C)c1. The van der Waals surface area contributed by atoms with E-state index in [-0.39, 0.29) is 5.09 Å². The lowest BCUT2D eigenvalue weighted by molar-refractivity contribution is 0.408. The van der Waals surface area contributed by atoms with Gasteiger partial charge in [0.05, 0.1) is 11.4 Å². The topological polar surface area (TPSA) is 68.3 Å². The molecule has 3 rings (SSSR count). The van der Waals surface area contributed by atoms with Crippen molar-refractivity contribution >= 4 is 21.8 Å². The van der Waals surface area contributed by atoms with Gasteiger partial charge in [-0.1, -0.05) is 29.5 Å². The van der Waals surface area contributed by atoms with Gasteiger partial charge in [-0.25, -0.2) is 17.7 Å². The first-order valence-corrected chi connectivity index (χ1v) is 10.5. The van der Waals surface area contributed by atoms with Crippen molar-refractivity contribution in [2.24, 2.45) is 0 Å². The molecule has 0 atom stereocenters. The number of imidazole rings is 1. The van der Waals surface area contributed by atoms with E-state index in [4.69, 9.17) is 4.42 Å². The molecule has 2 aromatic heterocycles. The fraction of sp³-hybridized carbons (Fsp3) is 0.278. The van der Waals surface area contributed by atoms with Crippen molar-refractivity contribution in [1.29, 1.82) is 0 Å². The fourth-order valence-corrected chi connectivity index (χ4v) is 4.22. The molecule has 1 aromatic carbocycles. The van der Waals surface area contributed by atoms with Crippen LogP contribution in [-0.2, 0) is 15.8 Å². The van der Waals surface area contributed by atoms with Crippen molar-refractivity contribution in [3.8, 4) is 5.69 Å². The molecule has 8 heteroatoms. The molecule has 0 bridgehead atoms. The molecule has 0 saturated heterocycles. The van der Waals surface area contributed by atoms with Crippen molar-refractivity contribution in [2.75, 3.05) is 14.1 Å². The number of sulfonamides is 1. The van der Waals surface area contributed by atoms with Crippen LogP contribution in [0.4, 0.5) is 0 Å². The highest BCUT2D eigenvalue weighted by atomic mass is 32.2. The Morgan fingerprint density at radius 3 is 2.65 bits per heavy atom. The highest BCUT2D eigenvalue weighted by Crippen LogP contribution is 2.27. The first-order chi connectivity index (χ1) is 12.3. The zero-order valence-electron chi connectivity index (χ0n) is 15.1. The van der Waals surface area contributed by atoms with Gasteiger partial charge in [-0.05, 0) is 37.6 Å². The number of rotatable bonds is 6. The van der Waals surface area contributed by atoms with Crippen molar-refractivity contribution in [2.45, 2.75) is 29.8 Å². The van der Waals surface area contributed by atoms with Crippen molar-refractivity contribution in [3.63, 3.8) is 0 Å². The third-order valence-corrected chi connectivity index (χ3v) is 6.61. The summed E-state index contributed by atoms with van der Waals surface area (Å²) in [5.41, 5.74) is 3.46. The molecule has 2 heterocycles. The van der Waals surface area contributed by atoms with Crippen LogP contribution in [0, 0.1) is 13.8 Å². The lowest BCUT2D eigenvalue weighted by Gasteiger charge is -2.11. The van der Waals surface area contributed by atoms with Crippen LogP contribution in [-0.4, -0.2) is 36.4 Å². The molecule has 138 valence electrons. The molecule has 26 heavy (non-hydrogen) atoms. The third kappa shape index (κ3) is 3.72. The Hall–Kier alpha value is -2.03. The Morgan fingerprint density at radius 2 is 1.96 bits per heavy atom. The number of benzene rings is 1. The minimum Gasteiger partial charge on any atom is -0.447 e. The van der Waals surface area contributed by atoms with Gasteiger partial charge in [0, 0.05) is 26.5 Å². The highest BCUT2D eigenvalue weighted by Gasteiger charge is 2.21. The Kier molecular flexibility index (Phi) is 5.27. The minimum atomic E-state index is -3.55. The summed E-state index contributed by atoms with van der Waals surface area (Å²) in [4.78, 5) is 4.41. The molecule has 0 saturated carbocycles. The predicted octanol–water partition coefficient (Wildman–Crippen LogP) is 3.62. The van der Waals surface area contributed by atoms with Crippen molar-refractivity contribution < 1.29 is 12.8 Å². The van der Waals surface area contributed by atoms with E-state index in [1.165, 1.54) is 43.1 Å². The summed E-state index contributed by atoms with van der Waals surface area (Å²) < 4.78 is 32.9. The molecule has 0 aliphatic carbocycles. The average molecular weight is 392 g/mol. The maximum Gasteiger partial charge on any atom is 0.275 e.